The molecule has 0 amide bonds. The number of benzene rings is 1. The minimum absolute atomic E-state index is 0.397. The molecule has 1 aromatic carbocycles. The van der Waals surface area contributed by atoms with Gasteiger partial charge in [-0.1, -0.05) is 45.7 Å². The molecule has 0 bridgehead atoms. The van der Waals surface area contributed by atoms with Gasteiger partial charge in [-0.3, -0.25) is 0 Å². The van der Waals surface area contributed by atoms with Gasteiger partial charge in [-0.15, -0.1) is 0 Å². The Morgan fingerprint density at radius 3 is 2.42 bits per heavy atom. The lowest BCUT2D eigenvalue weighted by molar-refractivity contribution is 0.255. The van der Waals surface area contributed by atoms with E-state index in [9.17, 15) is 0 Å². The molecule has 0 saturated heterocycles. The van der Waals surface area contributed by atoms with Gasteiger partial charge >= 0.3 is 0 Å². The average molecular weight is 351 g/mol. The highest BCUT2D eigenvalue weighted by Crippen LogP contribution is 2.40. The fourth-order valence-electron chi connectivity index (χ4n) is 2.29. The maximum absolute atomic E-state index is 6.39. The molecule has 0 aliphatic rings. The maximum atomic E-state index is 6.39. The van der Waals surface area contributed by atoms with Crippen molar-refractivity contribution < 1.29 is 13.9 Å². The molecule has 1 heterocycles. The Bertz CT molecular complexity index is 663. The van der Waals surface area contributed by atoms with Crippen molar-refractivity contribution in [3.05, 3.63) is 35.0 Å². The zero-order valence-electron chi connectivity index (χ0n) is 15.2. The van der Waals surface area contributed by atoms with Crippen LogP contribution in [-0.4, -0.2) is 13.7 Å². The van der Waals surface area contributed by atoms with Gasteiger partial charge in [0.15, 0.2) is 0 Å². The van der Waals surface area contributed by atoms with Crippen molar-refractivity contribution >= 4 is 11.6 Å². The van der Waals surface area contributed by atoms with Crippen molar-refractivity contribution in [1.82, 2.24) is 0 Å². The Labute approximate surface area is 149 Å². The first-order valence-corrected chi connectivity index (χ1v) is 8.98. The Hall–Kier alpha value is -1.61. The molecule has 0 aliphatic carbocycles. The summed E-state index contributed by atoms with van der Waals surface area (Å²) in [6, 6.07) is 7.83. The molecule has 0 fully saturated rings. The highest BCUT2D eigenvalue weighted by atomic mass is 35.5. The summed E-state index contributed by atoms with van der Waals surface area (Å²) >= 11 is 6.39. The molecule has 0 spiro atoms. The molecule has 2 aromatic rings. The molecule has 0 radical (unpaired) electrons. The largest absolute Gasteiger partial charge is 0.495 e. The molecule has 3 nitrogen and oxygen atoms in total. The van der Waals surface area contributed by atoms with E-state index >= 15 is 0 Å². The highest BCUT2D eigenvalue weighted by Gasteiger charge is 2.16. The lowest BCUT2D eigenvalue weighted by Crippen LogP contribution is -2.07. The van der Waals surface area contributed by atoms with E-state index in [0.717, 1.165) is 29.9 Å². The summed E-state index contributed by atoms with van der Waals surface area (Å²) in [5, 5.41) is 0.498. The molecule has 4 heteroatoms. The van der Waals surface area contributed by atoms with Gasteiger partial charge in [0.2, 0.25) is 0 Å². The third kappa shape index (κ3) is 4.27. The standard InChI is InChI=1S/C20H27ClO3/c1-6-13(3)12-23-19-11-15(10-18(22-5)20(19)21)17-9-8-16(24-17)14(4)7-2/h8-11,13-14H,6-7,12H2,1-5H3. The van der Waals surface area contributed by atoms with Gasteiger partial charge in [0, 0.05) is 11.5 Å². The van der Waals surface area contributed by atoms with Crippen LogP contribution in [-0.2, 0) is 0 Å². The molecule has 1 aromatic heterocycles. The van der Waals surface area contributed by atoms with Crippen LogP contribution in [0.4, 0.5) is 0 Å². The Balaban J connectivity index is 2.34. The maximum Gasteiger partial charge on any atom is 0.142 e. The van der Waals surface area contributed by atoms with Crippen LogP contribution in [0.3, 0.4) is 0 Å². The summed E-state index contributed by atoms with van der Waals surface area (Å²) in [6.07, 6.45) is 2.10. The number of furan rings is 1. The summed E-state index contributed by atoms with van der Waals surface area (Å²) in [6.45, 7) is 9.23. The molecule has 0 aliphatic heterocycles. The molecular weight excluding hydrogens is 324 g/mol. The minimum atomic E-state index is 0.397. The van der Waals surface area contributed by atoms with Crippen LogP contribution in [0.5, 0.6) is 11.5 Å². The van der Waals surface area contributed by atoms with E-state index in [0.29, 0.717) is 35.0 Å². The fraction of sp³-hybridized carbons (Fsp3) is 0.500. The second-order valence-electron chi connectivity index (χ2n) is 6.33. The summed E-state index contributed by atoms with van der Waals surface area (Å²) < 4.78 is 17.3. The number of rotatable bonds is 8. The second-order valence-corrected chi connectivity index (χ2v) is 6.70. The number of hydrogen-bond acceptors (Lipinski definition) is 3. The smallest absolute Gasteiger partial charge is 0.142 e. The van der Waals surface area contributed by atoms with Crippen molar-refractivity contribution in [3.63, 3.8) is 0 Å². The fourth-order valence-corrected chi connectivity index (χ4v) is 2.53. The average Bonchev–Trinajstić information content (AvgIpc) is 3.09. The van der Waals surface area contributed by atoms with Crippen LogP contribution in [0.25, 0.3) is 11.3 Å². The van der Waals surface area contributed by atoms with E-state index in [1.54, 1.807) is 7.11 Å². The zero-order valence-corrected chi connectivity index (χ0v) is 15.9. The van der Waals surface area contributed by atoms with E-state index in [1.807, 2.05) is 24.3 Å². The first-order valence-electron chi connectivity index (χ1n) is 8.60. The van der Waals surface area contributed by atoms with Crippen LogP contribution in [0.1, 0.15) is 52.2 Å². The van der Waals surface area contributed by atoms with Crippen molar-refractivity contribution in [2.24, 2.45) is 5.92 Å². The first-order chi connectivity index (χ1) is 11.5. The SMILES string of the molecule is CCC(C)COc1cc(-c2ccc(C(C)CC)o2)cc(OC)c1Cl. The zero-order chi connectivity index (χ0) is 17.7. The number of halogens is 1. The molecular formula is C20H27ClO3. The van der Waals surface area contributed by atoms with Crippen LogP contribution < -0.4 is 9.47 Å². The lowest BCUT2D eigenvalue weighted by Gasteiger charge is -2.15. The third-order valence-corrected chi connectivity index (χ3v) is 4.83. The van der Waals surface area contributed by atoms with Gasteiger partial charge in [-0.05, 0) is 36.6 Å². The number of hydrogen-bond donors (Lipinski definition) is 0. The van der Waals surface area contributed by atoms with Crippen molar-refractivity contribution in [3.8, 4) is 22.8 Å². The minimum Gasteiger partial charge on any atom is -0.495 e. The third-order valence-electron chi connectivity index (χ3n) is 4.46. The van der Waals surface area contributed by atoms with Gasteiger partial charge in [-0.25, -0.2) is 0 Å². The molecule has 132 valence electrons. The first kappa shape index (κ1) is 18.7. The van der Waals surface area contributed by atoms with Gasteiger partial charge < -0.3 is 13.9 Å². The van der Waals surface area contributed by atoms with Gasteiger partial charge in [0.05, 0.1) is 13.7 Å². The number of methoxy groups -OCH3 is 1. The summed E-state index contributed by atoms with van der Waals surface area (Å²) in [7, 11) is 1.61. The molecule has 2 rings (SSSR count). The van der Waals surface area contributed by atoms with Gasteiger partial charge in [0.25, 0.3) is 0 Å². The van der Waals surface area contributed by atoms with E-state index in [1.165, 1.54) is 0 Å². The van der Waals surface area contributed by atoms with Crippen LogP contribution in [0.2, 0.25) is 5.02 Å². The quantitative estimate of drug-likeness (QED) is 0.541. The van der Waals surface area contributed by atoms with Crippen LogP contribution >= 0.6 is 11.6 Å². The predicted molar refractivity (Wildman–Crippen MR) is 99.4 cm³/mol. The van der Waals surface area contributed by atoms with Crippen molar-refractivity contribution in [2.75, 3.05) is 13.7 Å². The monoisotopic (exact) mass is 350 g/mol. The molecule has 0 saturated carbocycles. The molecule has 24 heavy (non-hydrogen) atoms. The normalized spacial score (nSPS) is 13.6. The summed E-state index contributed by atoms with van der Waals surface area (Å²) in [4.78, 5) is 0. The highest BCUT2D eigenvalue weighted by molar-refractivity contribution is 6.33. The van der Waals surface area contributed by atoms with E-state index in [2.05, 4.69) is 27.7 Å². The van der Waals surface area contributed by atoms with E-state index < -0.39 is 0 Å². The molecule has 2 unspecified atom stereocenters. The topological polar surface area (TPSA) is 31.6 Å². The van der Waals surface area contributed by atoms with Crippen molar-refractivity contribution in [1.29, 1.82) is 0 Å². The second kappa shape index (κ2) is 8.48. The molecule has 0 N–H and O–H groups in total. The van der Waals surface area contributed by atoms with Gasteiger partial charge in [-0.2, -0.15) is 0 Å². The Kier molecular flexibility index (Phi) is 6.61. The van der Waals surface area contributed by atoms with Gasteiger partial charge in [0.1, 0.15) is 28.0 Å². The Morgan fingerprint density at radius 1 is 1.08 bits per heavy atom. The van der Waals surface area contributed by atoms with E-state index in [4.69, 9.17) is 25.5 Å². The van der Waals surface area contributed by atoms with Crippen LogP contribution in [0.15, 0.2) is 28.7 Å². The van der Waals surface area contributed by atoms with E-state index in [-0.39, 0.29) is 0 Å². The lowest BCUT2D eigenvalue weighted by atomic mass is 10.1. The number of ether oxygens (including phenoxy) is 2. The van der Waals surface area contributed by atoms with Crippen LogP contribution in [0, 0.1) is 5.92 Å². The van der Waals surface area contributed by atoms with Crippen molar-refractivity contribution in [2.45, 2.75) is 46.5 Å². The molecule has 2 atom stereocenters. The Morgan fingerprint density at radius 2 is 1.79 bits per heavy atom. The predicted octanol–water partition coefficient (Wildman–Crippen LogP) is 6.55. The summed E-state index contributed by atoms with van der Waals surface area (Å²) in [5.41, 5.74) is 0.907. The summed E-state index contributed by atoms with van der Waals surface area (Å²) in [5.74, 6) is 3.88.